The maximum atomic E-state index is 12.4. The number of nitrogens with zero attached hydrogens (tertiary/aromatic N) is 5. The van der Waals surface area contributed by atoms with E-state index in [-0.39, 0.29) is 5.43 Å². The monoisotopic (exact) mass is 423 g/mol. The SMILES string of the molecule is CCN(C(=O)O)c1cccc(Cc2nn(-c3cnn(C4CCOCC4)c3)ccc2=O)c1. The summed E-state index contributed by atoms with van der Waals surface area (Å²) in [6.45, 7) is 3.58. The van der Waals surface area contributed by atoms with Crippen LogP contribution in [0.4, 0.5) is 10.5 Å². The molecule has 0 unspecified atom stereocenters. The van der Waals surface area contributed by atoms with Gasteiger partial charge in [0.25, 0.3) is 0 Å². The lowest BCUT2D eigenvalue weighted by molar-refractivity contribution is 0.0662. The number of aromatic nitrogens is 4. The largest absolute Gasteiger partial charge is 0.465 e. The van der Waals surface area contributed by atoms with Gasteiger partial charge in [-0.15, -0.1) is 0 Å². The molecule has 4 rings (SSSR count). The Kier molecular flexibility index (Phi) is 6.13. The molecular weight excluding hydrogens is 398 g/mol. The van der Waals surface area contributed by atoms with Crippen molar-refractivity contribution < 1.29 is 14.6 Å². The summed E-state index contributed by atoms with van der Waals surface area (Å²) in [5, 5.41) is 18.3. The summed E-state index contributed by atoms with van der Waals surface area (Å²) < 4.78 is 9.00. The van der Waals surface area contributed by atoms with Crippen molar-refractivity contribution in [2.75, 3.05) is 24.7 Å². The molecule has 1 saturated heterocycles. The van der Waals surface area contributed by atoms with E-state index in [0.29, 0.717) is 30.4 Å². The smallest absolute Gasteiger partial charge is 0.411 e. The van der Waals surface area contributed by atoms with Crippen LogP contribution in [0.1, 0.15) is 37.1 Å². The fraction of sp³-hybridized carbons (Fsp3) is 0.364. The number of ether oxygens (including phenoxy) is 1. The van der Waals surface area contributed by atoms with E-state index in [0.717, 1.165) is 37.3 Å². The topological polar surface area (TPSA) is 102 Å². The van der Waals surface area contributed by atoms with Gasteiger partial charge < -0.3 is 9.84 Å². The Labute approximate surface area is 179 Å². The molecular formula is C22H25N5O4. The van der Waals surface area contributed by atoms with Crippen molar-refractivity contribution in [2.24, 2.45) is 0 Å². The van der Waals surface area contributed by atoms with Crippen molar-refractivity contribution in [3.05, 3.63) is 70.4 Å². The maximum Gasteiger partial charge on any atom is 0.411 e. The highest BCUT2D eigenvalue weighted by Crippen LogP contribution is 2.21. The molecule has 0 bridgehead atoms. The quantitative estimate of drug-likeness (QED) is 0.654. The second-order valence-electron chi connectivity index (χ2n) is 7.47. The Balaban J connectivity index is 1.57. The normalized spacial score (nSPS) is 14.5. The second-order valence-corrected chi connectivity index (χ2v) is 7.47. The van der Waals surface area contributed by atoms with Crippen LogP contribution in [0, 0.1) is 0 Å². The van der Waals surface area contributed by atoms with Crippen molar-refractivity contribution >= 4 is 11.8 Å². The predicted molar refractivity (Wildman–Crippen MR) is 115 cm³/mol. The van der Waals surface area contributed by atoms with E-state index in [1.807, 2.05) is 16.9 Å². The molecule has 0 aliphatic carbocycles. The Bertz CT molecular complexity index is 1120. The van der Waals surface area contributed by atoms with E-state index in [9.17, 15) is 14.7 Å². The number of benzene rings is 1. The average Bonchev–Trinajstić information content (AvgIpc) is 3.27. The molecule has 0 spiro atoms. The number of carboxylic acid groups (broad SMARTS) is 1. The summed E-state index contributed by atoms with van der Waals surface area (Å²) in [7, 11) is 0. The third kappa shape index (κ3) is 4.66. The molecule has 0 atom stereocenters. The second kappa shape index (κ2) is 9.13. The summed E-state index contributed by atoms with van der Waals surface area (Å²) >= 11 is 0. The van der Waals surface area contributed by atoms with E-state index in [2.05, 4.69) is 10.2 Å². The average molecular weight is 423 g/mol. The molecule has 1 aromatic carbocycles. The fourth-order valence-electron chi connectivity index (χ4n) is 3.77. The van der Waals surface area contributed by atoms with Gasteiger partial charge >= 0.3 is 6.09 Å². The molecule has 1 fully saturated rings. The van der Waals surface area contributed by atoms with Crippen LogP contribution >= 0.6 is 0 Å². The number of amides is 1. The first-order chi connectivity index (χ1) is 15.0. The van der Waals surface area contributed by atoms with Crippen LogP contribution in [0.15, 0.2) is 53.7 Å². The summed E-state index contributed by atoms with van der Waals surface area (Å²) in [6, 6.07) is 8.96. The van der Waals surface area contributed by atoms with Crippen LogP contribution in [0.5, 0.6) is 0 Å². The Hall–Kier alpha value is -3.46. The van der Waals surface area contributed by atoms with E-state index in [1.54, 1.807) is 42.2 Å². The molecule has 1 aliphatic rings. The molecule has 0 radical (unpaired) electrons. The van der Waals surface area contributed by atoms with Crippen molar-refractivity contribution in [1.82, 2.24) is 19.6 Å². The summed E-state index contributed by atoms with van der Waals surface area (Å²) in [5.74, 6) is 0. The number of rotatable bonds is 6. The lowest BCUT2D eigenvalue weighted by Crippen LogP contribution is -2.28. The summed E-state index contributed by atoms with van der Waals surface area (Å²) in [4.78, 5) is 25.1. The van der Waals surface area contributed by atoms with Crippen LogP contribution in [-0.4, -0.2) is 50.5 Å². The first kappa shape index (κ1) is 20.8. The van der Waals surface area contributed by atoms with Crippen LogP contribution in [0.2, 0.25) is 0 Å². The molecule has 9 nitrogen and oxygen atoms in total. The summed E-state index contributed by atoms with van der Waals surface area (Å²) in [6.07, 6.45) is 6.45. The third-order valence-electron chi connectivity index (χ3n) is 5.44. The van der Waals surface area contributed by atoms with Gasteiger partial charge in [-0.2, -0.15) is 10.2 Å². The van der Waals surface area contributed by atoms with Crippen molar-refractivity contribution in [3.8, 4) is 5.69 Å². The third-order valence-corrected chi connectivity index (χ3v) is 5.44. The zero-order chi connectivity index (χ0) is 21.8. The van der Waals surface area contributed by atoms with Crippen LogP contribution in [0.25, 0.3) is 5.69 Å². The molecule has 9 heteroatoms. The number of anilines is 1. The van der Waals surface area contributed by atoms with Crippen molar-refractivity contribution in [3.63, 3.8) is 0 Å². The highest BCUT2D eigenvalue weighted by atomic mass is 16.5. The van der Waals surface area contributed by atoms with Gasteiger partial charge in [-0.05, 0) is 37.5 Å². The molecule has 162 valence electrons. The van der Waals surface area contributed by atoms with Gasteiger partial charge in [0.1, 0.15) is 11.4 Å². The van der Waals surface area contributed by atoms with Gasteiger partial charge in [0.05, 0.1) is 18.4 Å². The Morgan fingerprint density at radius 2 is 2.10 bits per heavy atom. The Morgan fingerprint density at radius 3 is 2.84 bits per heavy atom. The zero-order valence-corrected chi connectivity index (χ0v) is 17.3. The molecule has 3 aromatic rings. The molecule has 1 N–H and O–H groups in total. The van der Waals surface area contributed by atoms with E-state index >= 15 is 0 Å². The fourth-order valence-corrected chi connectivity index (χ4v) is 3.77. The molecule has 31 heavy (non-hydrogen) atoms. The molecule has 3 heterocycles. The number of carbonyl (C=O) groups is 1. The minimum atomic E-state index is -1.01. The zero-order valence-electron chi connectivity index (χ0n) is 17.3. The van der Waals surface area contributed by atoms with E-state index < -0.39 is 6.09 Å². The molecule has 2 aromatic heterocycles. The van der Waals surface area contributed by atoms with E-state index in [4.69, 9.17) is 4.74 Å². The molecule has 1 aliphatic heterocycles. The van der Waals surface area contributed by atoms with Crippen molar-refractivity contribution in [1.29, 1.82) is 0 Å². The van der Waals surface area contributed by atoms with Gasteiger partial charge in [-0.25, -0.2) is 9.48 Å². The lowest BCUT2D eigenvalue weighted by atomic mass is 10.1. The van der Waals surface area contributed by atoms with Crippen LogP contribution in [0.3, 0.4) is 0 Å². The highest BCUT2D eigenvalue weighted by molar-refractivity contribution is 5.86. The number of hydrogen-bond acceptors (Lipinski definition) is 5. The van der Waals surface area contributed by atoms with Gasteiger partial charge in [0, 0.05) is 44.1 Å². The van der Waals surface area contributed by atoms with Crippen molar-refractivity contribution in [2.45, 2.75) is 32.2 Å². The highest BCUT2D eigenvalue weighted by Gasteiger charge is 2.17. The minimum absolute atomic E-state index is 0.163. The maximum absolute atomic E-state index is 12.4. The minimum Gasteiger partial charge on any atom is -0.465 e. The molecule has 1 amide bonds. The van der Waals surface area contributed by atoms with E-state index in [1.165, 1.54) is 11.0 Å². The van der Waals surface area contributed by atoms with Gasteiger partial charge in [0.15, 0.2) is 0 Å². The standard InChI is InChI=1S/C22H25N5O4/c1-2-25(22(29)30)18-5-3-4-16(12-18)13-20-21(28)6-9-26(24-20)19-14-23-27(15-19)17-7-10-31-11-8-17/h3-6,9,12,14-15,17H,2,7-8,10-11,13H2,1H3,(H,29,30). The lowest BCUT2D eigenvalue weighted by Gasteiger charge is -2.22. The van der Waals surface area contributed by atoms with Gasteiger partial charge in [-0.1, -0.05) is 12.1 Å². The van der Waals surface area contributed by atoms with Crippen LogP contribution < -0.4 is 10.3 Å². The molecule has 0 saturated carbocycles. The van der Waals surface area contributed by atoms with Gasteiger partial charge in [-0.3, -0.25) is 14.4 Å². The predicted octanol–water partition coefficient (Wildman–Crippen LogP) is 2.88. The van der Waals surface area contributed by atoms with Gasteiger partial charge in [0.2, 0.25) is 5.43 Å². The number of hydrogen-bond donors (Lipinski definition) is 1. The Morgan fingerprint density at radius 1 is 1.29 bits per heavy atom. The first-order valence-corrected chi connectivity index (χ1v) is 10.4. The summed E-state index contributed by atoms with van der Waals surface area (Å²) in [5.41, 5.74) is 2.39. The van der Waals surface area contributed by atoms with Crippen LogP contribution in [-0.2, 0) is 11.2 Å². The first-order valence-electron chi connectivity index (χ1n) is 10.4.